The number of H-pyrrole nitrogens is 1. The predicted molar refractivity (Wildman–Crippen MR) is 72.5 cm³/mol. The first-order chi connectivity index (χ1) is 7.66. The van der Waals surface area contributed by atoms with E-state index in [1.807, 2.05) is 6.20 Å². The maximum absolute atomic E-state index is 3.97. The number of halogens is 2. The summed E-state index contributed by atoms with van der Waals surface area (Å²) in [5.41, 5.74) is 3.32. The van der Waals surface area contributed by atoms with Gasteiger partial charge < -0.3 is 10.3 Å². The third kappa shape index (κ3) is 2.65. The molecule has 0 spiro atoms. The number of benzene rings is 1. The summed E-state index contributed by atoms with van der Waals surface area (Å²) < 4.78 is 2.11. The molecule has 0 atom stereocenters. The molecule has 2 aromatic rings. The van der Waals surface area contributed by atoms with Crippen molar-refractivity contribution in [3.63, 3.8) is 0 Å². The van der Waals surface area contributed by atoms with Crippen molar-refractivity contribution < 1.29 is 0 Å². The molecule has 0 amide bonds. The largest absolute Gasteiger partial charge is 0.378 e. The van der Waals surface area contributed by atoms with Gasteiger partial charge in [-0.2, -0.15) is 0 Å². The SMILES string of the molecule is Cc1cc(Br)c(NCc2cnc[nH]2)c(Br)c1. The Hall–Kier alpha value is -0.810. The van der Waals surface area contributed by atoms with E-state index in [1.54, 1.807) is 6.33 Å². The molecule has 2 rings (SSSR count). The molecule has 1 aromatic heterocycles. The van der Waals surface area contributed by atoms with Crippen molar-refractivity contribution in [2.45, 2.75) is 13.5 Å². The molecule has 0 aliphatic rings. The summed E-state index contributed by atoms with van der Waals surface area (Å²) in [7, 11) is 0. The van der Waals surface area contributed by atoms with E-state index in [1.165, 1.54) is 5.56 Å². The number of anilines is 1. The summed E-state index contributed by atoms with van der Waals surface area (Å²) in [6.45, 7) is 2.79. The highest BCUT2D eigenvalue weighted by Gasteiger charge is 2.05. The number of aromatic nitrogens is 2. The van der Waals surface area contributed by atoms with Gasteiger partial charge in [0.25, 0.3) is 0 Å². The van der Waals surface area contributed by atoms with E-state index in [0.29, 0.717) is 0 Å². The van der Waals surface area contributed by atoms with E-state index in [4.69, 9.17) is 0 Å². The average Bonchev–Trinajstić information content (AvgIpc) is 2.68. The monoisotopic (exact) mass is 343 g/mol. The summed E-state index contributed by atoms with van der Waals surface area (Å²) >= 11 is 7.09. The van der Waals surface area contributed by atoms with Crippen LogP contribution in [-0.4, -0.2) is 9.97 Å². The van der Waals surface area contributed by atoms with Gasteiger partial charge in [0.15, 0.2) is 0 Å². The van der Waals surface area contributed by atoms with Crippen LogP contribution >= 0.6 is 31.9 Å². The quantitative estimate of drug-likeness (QED) is 0.887. The summed E-state index contributed by atoms with van der Waals surface area (Å²) in [6, 6.07) is 4.17. The second-order valence-corrected chi connectivity index (χ2v) is 5.24. The van der Waals surface area contributed by atoms with E-state index < -0.39 is 0 Å². The summed E-state index contributed by atoms with van der Waals surface area (Å²) in [6.07, 6.45) is 3.49. The van der Waals surface area contributed by atoms with Crippen LogP contribution in [0.5, 0.6) is 0 Å². The van der Waals surface area contributed by atoms with Crippen molar-refractivity contribution in [1.82, 2.24) is 9.97 Å². The number of aryl methyl sites for hydroxylation is 1. The summed E-state index contributed by atoms with van der Waals surface area (Å²) in [5, 5.41) is 3.35. The predicted octanol–water partition coefficient (Wildman–Crippen LogP) is 3.86. The first-order valence-electron chi connectivity index (χ1n) is 4.83. The highest BCUT2D eigenvalue weighted by molar-refractivity contribution is 9.11. The molecule has 16 heavy (non-hydrogen) atoms. The van der Waals surface area contributed by atoms with Gasteiger partial charge in [-0.25, -0.2) is 4.98 Å². The lowest BCUT2D eigenvalue weighted by Crippen LogP contribution is -2.01. The fourth-order valence-corrected chi connectivity index (χ4v) is 3.13. The summed E-state index contributed by atoms with van der Waals surface area (Å²) in [4.78, 5) is 7.03. The lowest BCUT2D eigenvalue weighted by Gasteiger charge is -2.10. The maximum atomic E-state index is 3.97. The third-order valence-electron chi connectivity index (χ3n) is 2.20. The molecule has 84 valence electrons. The topological polar surface area (TPSA) is 40.7 Å². The van der Waals surface area contributed by atoms with Crippen LogP contribution in [0, 0.1) is 6.92 Å². The second-order valence-electron chi connectivity index (χ2n) is 3.53. The van der Waals surface area contributed by atoms with E-state index in [0.717, 1.165) is 26.9 Å². The molecule has 0 fully saturated rings. The van der Waals surface area contributed by atoms with E-state index in [-0.39, 0.29) is 0 Å². The Balaban J connectivity index is 2.15. The molecule has 0 unspecified atom stereocenters. The lowest BCUT2D eigenvalue weighted by molar-refractivity contribution is 1.07. The molecular weight excluding hydrogens is 334 g/mol. The first kappa shape index (κ1) is 11.7. The molecule has 0 bridgehead atoms. The van der Waals surface area contributed by atoms with Gasteiger partial charge in [0.05, 0.1) is 24.3 Å². The Morgan fingerprint density at radius 3 is 2.56 bits per heavy atom. The number of imidazole rings is 1. The zero-order chi connectivity index (χ0) is 11.5. The number of hydrogen-bond donors (Lipinski definition) is 2. The minimum Gasteiger partial charge on any atom is -0.378 e. The van der Waals surface area contributed by atoms with Crippen LogP contribution in [0.4, 0.5) is 5.69 Å². The van der Waals surface area contributed by atoms with Crippen molar-refractivity contribution in [3.8, 4) is 0 Å². The van der Waals surface area contributed by atoms with E-state index in [9.17, 15) is 0 Å². The van der Waals surface area contributed by atoms with Crippen LogP contribution in [-0.2, 0) is 6.54 Å². The summed E-state index contributed by atoms with van der Waals surface area (Å²) in [5.74, 6) is 0. The first-order valence-corrected chi connectivity index (χ1v) is 6.42. The lowest BCUT2D eigenvalue weighted by atomic mass is 10.2. The number of hydrogen-bond acceptors (Lipinski definition) is 2. The van der Waals surface area contributed by atoms with E-state index >= 15 is 0 Å². The van der Waals surface area contributed by atoms with Gasteiger partial charge >= 0.3 is 0 Å². The van der Waals surface area contributed by atoms with Crippen LogP contribution in [0.3, 0.4) is 0 Å². The molecule has 5 heteroatoms. The minimum absolute atomic E-state index is 0.722. The van der Waals surface area contributed by atoms with Crippen molar-refractivity contribution >= 4 is 37.5 Å². The average molecular weight is 345 g/mol. The molecular formula is C11H11Br2N3. The van der Waals surface area contributed by atoms with Crippen LogP contribution < -0.4 is 5.32 Å². The van der Waals surface area contributed by atoms with Crippen LogP contribution in [0.2, 0.25) is 0 Å². The Morgan fingerprint density at radius 2 is 2.00 bits per heavy atom. The van der Waals surface area contributed by atoms with E-state index in [2.05, 4.69) is 66.2 Å². The third-order valence-corrected chi connectivity index (χ3v) is 3.45. The molecule has 1 aromatic carbocycles. The Kier molecular flexibility index (Phi) is 3.66. The molecule has 0 saturated heterocycles. The Labute approximate surface area is 111 Å². The fourth-order valence-electron chi connectivity index (χ4n) is 1.43. The number of aromatic amines is 1. The van der Waals surface area contributed by atoms with Crippen molar-refractivity contribution in [2.75, 3.05) is 5.32 Å². The van der Waals surface area contributed by atoms with Crippen molar-refractivity contribution in [2.24, 2.45) is 0 Å². The van der Waals surface area contributed by atoms with Gasteiger partial charge in [0.1, 0.15) is 0 Å². The Bertz CT molecular complexity index is 457. The number of nitrogens with one attached hydrogen (secondary N) is 2. The highest BCUT2D eigenvalue weighted by Crippen LogP contribution is 2.32. The molecule has 2 N–H and O–H groups in total. The van der Waals surface area contributed by atoms with Gasteiger partial charge in [-0.3, -0.25) is 0 Å². The van der Waals surface area contributed by atoms with Gasteiger partial charge in [0.2, 0.25) is 0 Å². The molecule has 0 aliphatic carbocycles. The molecule has 1 heterocycles. The normalized spacial score (nSPS) is 10.4. The molecule has 0 radical (unpaired) electrons. The second kappa shape index (κ2) is 5.01. The van der Waals surface area contributed by atoms with Gasteiger partial charge in [-0.15, -0.1) is 0 Å². The smallest absolute Gasteiger partial charge is 0.0922 e. The van der Waals surface area contributed by atoms with Crippen LogP contribution in [0.15, 0.2) is 33.6 Å². The van der Waals surface area contributed by atoms with Gasteiger partial charge in [-0.05, 0) is 56.5 Å². The zero-order valence-electron chi connectivity index (χ0n) is 8.72. The van der Waals surface area contributed by atoms with Gasteiger partial charge in [-0.1, -0.05) is 0 Å². The number of nitrogens with zero attached hydrogens (tertiary/aromatic N) is 1. The Morgan fingerprint density at radius 1 is 1.31 bits per heavy atom. The molecule has 0 saturated carbocycles. The van der Waals surface area contributed by atoms with Crippen LogP contribution in [0.25, 0.3) is 0 Å². The fraction of sp³-hybridized carbons (Fsp3) is 0.182. The van der Waals surface area contributed by atoms with Crippen molar-refractivity contribution in [1.29, 1.82) is 0 Å². The molecule has 0 aliphatic heterocycles. The standard InChI is InChI=1S/C11H11Br2N3/c1-7-2-9(12)11(10(13)3-7)15-5-8-4-14-6-16-8/h2-4,6,15H,5H2,1H3,(H,14,16). The minimum atomic E-state index is 0.722. The molecule has 3 nitrogen and oxygen atoms in total. The van der Waals surface area contributed by atoms with Crippen molar-refractivity contribution in [3.05, 3.63) is 44.9 Å². The van der Waals surface area contributed by atoms with Gasteiger partial charge in [0, 0.05) is 15.1 Å². The maximum Gasteiger partial charge on any atom is 0.0922 e. The zero-order valence-corrected chi connectivity index (χ0v) is 11.9. The number of rotatable bonds is 3. The van der Waals surface area contributed by atoms with Crippen LogP contribution in [0.1, 0.15) is 11.3 Å². The highest BCUT2D eigenvalue weighted by atomic mass is 79.9.